The molecule has 2 amide bonds. The van der Waals surface area contributed by atoms with E-state index in [0.29, 0.717) is 25.2 Å². The summed E-state index contributed by atoms with van der Waals surface area (Å²) in [6.07, 6.45) is 0. The monoisotopic (exact) mass is 384 g/mol. The van der Waals surface area contributed by atoms with Crippen molar-refractivity contribution < 1.29 is 13.2 Å². The van der Waals surface area contributed by atoms with E-state index in [1.54, 1.807) is 4.90 Å². The molecule has 1 fully saturated rings. The van der Waals surface area contributed by atoms with E-state index < -0.39 is 10.0 Å². The lowest BCUT2D eigenvalue weighted by Crippen LogP contribution is -2.52. The minimum atomic E-state index is -3.63. The molecule has 1 saturated heterocycles. The summed E-state index contributed by atoms with van der Waals surface area (Å²) in [7, 11) is -3.63. The van der Waals surface area contributed by atoms with Crippen LogP contribution in [0.3, 0.4) is 0 Å². The highest BCUT2D eigenvalue weighted by atomic mass is 32.2. The lowest BCUT2D eigenvalue weighted by molar-refractivity contribution is 0.172. The number of urea groups is 1. The van der Waals surface area contributed by atoms with Gasteiger partial charge in [-0.25, -0.2) is 13.2 Å². The highest BCUT2D eigenvalue weighted by Crippen LogP contribution is 2.18. The Labute approximate surface area is 158 Å². The summed E-state index contributed by atoms with van der Waals surface area (Å²) < 4.78 is 26.8. The van der Waals surface area contributed by atoms with Gasteiger partial charge in [-0.05, 0) is 29.8 Å². The highest BCUT2D eigenvalue weighted by Gasteiger charge is 2.30. The molecule has 1 aliphatic rings. The Bertz CT molecular complexity index is 929. The lowest BCUT2D eigenvalue weighted by Gasteiger charge is -2.34. The van der Waals surface area contributed by atoms with Crippen LogP contribution in [0.5, 0.6) is 0 Å². The molecular weight excluding hydrogens is 364 g/mol. The molecule has 0 bridgehead atoms. The van der Waals surface area contributed by atoms with Gasteiger partial charge in [0.05, 0.1) is 16.5 Å². The van der Waals surface area contributed by atoms with Gasteiger partial charge in [-0.1, -0.05) is 30.3 Å². The zero-order valence-corrected chi connectivity index (χ0v) is 15.5. The molecular formula is C19H20N4O3S. The Balaban J connectivity index is 1.56. The third kappa shape index (κ3) is 4.45. The maximum atomic E-state index is 12.7. The number of sulfonamides is 1. The van der Waals surface area contributed by atoms with E-state index in [1.165, 1.54) is 28.6 Å². The van der Waals surface area contributed by atoms with Crippen LogP contribution < -0.4 is 5.32 Å². The fraction of sp³-hybridized carbons (Fsp3) is 0.263. The van der Waals surface area contributed by atoms with Crippen LogP contribution >= 0.6 is 0 Å². The van der Waals surface area contributed by atoms with Crippen molar-refractivity contribution in [2.24, 2.45) is 0 Å². The van der Waals surface area contributed by atoms with E-state index in [-0.39, 0.29) is 24.0 Å². The molecule has 0 unspecified atom stereocenters. The van der Waals surface area contributed by atoms with Crippen LogP contribution in [0.25, 0.3) is 0 Å². The van der Waals surface area contributed by atoms with Crippen LogP contribution in [0.2, 0.25) is 0 Å². The summed E-state index contributed by atoms with van der Waals surface area (Å²) in [5, 5.41) is 11.7. The molecule has 1 aliphatic heterocycles. The van der Waals surface area contributed by atoms with Crippen LogP contribution in [-0.2, 0) is 16.6 Å². The number of amides is 2. The number of carbonyl (C=O) groups excluding carboxylic acids is 1. The van der Waals surface area contributed by atoms with Crippen molar-refractivity contribution >= 4 is 16.1 Å². The molecule has 3 rings (SSSR count). The first-order chi connectivity index (χ1) is 13.0. The number of nitrogens with one attached hydrogen (secondary N) is 1. The van der Waals surface area contributed by atoms with Crippen molar-refractivity contribution in [3.05, 3.63) is 65.7 Å². The summed E-state index contributed by atoms with van der Waals surface area (Å²) in [5.74, 6) is 0. The second kappa shape index (κ2) is 8.20. The lowest BCUT2D eigenvalue weighted by atomic mass is 10.2. The van der Waals surface area contributed by atoms with Crippen LogP contribution in [0.4, 0.5) is 4.79 Å². The number of benzene rings is 2. The van der Waals surface area contributed by atoms with Crippen LogP contribution in [0.15, 0.2) is 59.5 Å². The van der Waals surface area contributed by atoms with Crippen LogP contribution in [0, 0.1) is 11.3 Å². The third-order valence-corrected chi connectivity index (χ3v) is 6.35. The number of rotatable bonds is 4. The Hall–Kier alpha value is -2.89. The molecule has 1 heterocycles. The standard InChI is InChI=1S/C19H20N4O3S/c20-14-16-6-8-18(9-7-16)27(25,26)23-12-10-22(11-13-23)19(24)21-15-17-4-2-1-3-5-17/h1-9H,10-13,15H2,(H,21,24). The van der Waals surface area contributed by atoms with Gasteiger partial charge in [0.25, 0.3) is 0 Å². The van der Waals surface area contributed by atoms with E-state index in [1.807, 2.05) is 36.4 Å². The van der Waals surface area contributed by atoms with Crippen molar-refractivity contribution in [1.82, 2.24) is 14.5 Å². The van der Waals surface area contributed by atoms with Gasteiger partial charge in [-0.15, -0.1) is 0 Å². The van der Waals surface area contributed by atoms with Crippen LogP contribution in [0.1, 0.15) is 11.1 Å². The molecule has 0 radical (unpaired) electrons. The van der Waals surface area contributed by atoms with Gasteiger partial charge in [-0.3, -0.25) is 0 Å². The number of carbonyl (C=O) groups is 1. The number of hydrogen-bond donors (Lipinski definition) is 1. The first-order valence-electron chi connectivity index (χ1n) is 8.58. The van der Waals surface area contributed by atoms with Gasteiger partial charge in [-0.2, -0.15) is 9.57 Å². The smallest absolute Gasteiger partial charge is 0.317 e. The summed E-state index contributed by atoms with van der Waals surface area (Å²) in [6.45, 7) is 1.57. The molecule has 27 heavy (non-hydrogen) atoms. The van der Waals surface area contributed by atoms with E-state index in [4.69, 9.17) is 5.26 Å². The van der Waals surface area contributed by atoms with E-state index in [2.05, 4.69) is 5.32 Å². The zero-order valence-electron chi connectivity index (χ0n) is 14.7. The fourth-order valence-corrected chi connectivity index (χ4v) is 4.29. The Morgan fingerprint density at radius 2 is 1.63 bits per heavy atom. The van der Waals surface area contributed by atoms with Crippen molar-refractivity contribution in [2.75, 3.05) is 26.2 Å². The number of nitrogens with zero attached hydrogens (tertiary/aromatic N) is 3. The molecule has 0 aliphatic carbocycles. The number of piperazine rings is 1. The Morgan fingerprint density at radius 1 is 1.00 bits per heavy atom. The quantitative estimate of drug-likeness (QED) is 0.869. The van der Waals surface area contributed by atoms with Gasteiger partial charge in [0.1, 0.15) is 0 Å². The largest absolute Gasteiger partial charge is 0.334 e. The predicted molar refractivity (Wildman–Crippen MR) is 100 cm³/mol. The molecule has 8 heteroatoms. The fourth-order valence-electron chi connectivity index (χ4n) is 2.87. The van der Waals surface area contributed by atoms with Crippen molar-refractivity contribution in [1.29, 1.82) is 5.26 Å². The summed E-state index contributed by atoms with van der Waals surface area (Å²) >= 11 is 0. The maximum absolute atomic E-state index is 12.7. The first kappa shape index (κ1) is 18.9. The van der Waals surface area contributed by atoms with Crippen molar-refractivity contribution in [3.8, 4) is 6.07 Å². The predicted octanol–water partition coefficient (Wildman–Crippen LogP) is 1.77. The van der Waals surface area contributed by atoms with Gasteiger partial charge < -0.3 is 10.2 Å². The number of hydrogen-bond acceptors (Lipinski definition) is 4. The molecule has 0 spiro atoms. The Morgan fingerprint density at radius 3 is 2.22 bits per heavy atom. The molecule has 2 aromatic rings. The summed E-state index contributed by atoms with van der Waals surface area (Å²) in [6, 6.07) is 17.2. The Kier molecular flexibility index (Phi) is 5.74. The topological polar surface area (TPSA) is 93.5 Å². The minimum Gasteiger partial charge on any atom is -0.334 e. The molecule has 1 N–H and O–H groups in total. The van der Waals surface area contributed by atoms with Crippen molar-refractivity contribution in [2.45, 2.75) is 11.4 Å². The molecule has 0 saturated carbocycles. The second-order valence-electron chi connectivity index (χ2n) is 6.17. The van der Waals surface area contributed by atoms with Gasteiger partial charge in [0.15, 0.2) is 0 Å². The van der Waals surface area contributed by atoms with E-state index in [9.17, 15) is 13.2 Å². The first-order valence-corrected chi connectivity index (χ1v) is 10.0. The van der Waals surface area contributed by atoms with Crippen molar-refractivity contribution in [3.63, 3.8) is 0 Å². The van der Waals surface area contributed by atoms with E-state index in [0.717, 1.165) is 5.56 Å². The van der Waals surface area contributed by atoms with Gasteiger partial charge >= 0.3 is 6.03 Å². The molecule has 0 atom stereocenters. The average Bonchev–Trinajstić information content (AvgIpc) is 2.73. The molecule has 2 aromatic carbocycles. The highest BCUT2D eigenvalue weighted by molar-refractivity contribution is 7.89. The van der Waals surface area contributed by atoms with Crippen LogP contribution in [-0.4, -0.2) is 49.8 Å². The molecule has 0 aromatic heterocycles. The normalized spacial score (nSPS) is 15.1. The average molecular weight is 384 g/mol. The zero-order chi connectivity index (χ0) is 19.3. The summed E-state index contributed by atoms with van der Waals surface area (Å²) in [5.41, 5.74) is 1.42. The minimum absolute atomic E-state index is 0.156. The SMILES string of the molecule is N#Cc1ccc(S(=O)(=O)N2CCN(C(=O)NCc3ccccc3)CC2)cc1. The molecule has 7 nitrogen and oxygen atoms in total. The van der Waals surface area contributed by atoms with E-state index >= 15 is 0 Å². The second-order valence-corrected chi connectivity index (χ2v) is 8.11. The third-order valence-electron chi connectivity index (χ3n) is 4.43. The number of nitriles is 1. The summed E-state index contributed by atoms with van der Waals surface area (Å²) in [4.78, 5) is 14.1. The maximum Gasteiger partial charge on any atom is 0.317 e. The molecule has 140 valence electrons. The van der Waals surface area contributed by atoms with Gasteiger partial charge in [0, 0.05) is 32.7 Å². The van der Waals surface area contributed by atoms with Gasteiger partial charge in [0.2, 0.25) is 10.0 Å².